The van der Waals surface area contributed by atoms with Crippen molar-refractivity contribution in [1.29, 1.82) is 0 Å². The number of ether oxygens (including phenoxy) is 4. The maximum Gasteiger partial charge on any atom is 0.273 e. The zero-order valence-corrected chi connectivity index (χ0v) is 37.2. The molecule has 4 aromatic rings. The first-order valence-electron chi connectivity index (χ1n) is 22.2. The van der Waals surface area contributed by atoms with Gasteiger partial charge in [0.05, 0.1) is 47.7 Å². The second-order valence-electron chi connectivity index (χ2n) is 16.9. The average molecular weight is 905 g/mol. The smallest absolute Gasteiger partial charge is 0.273 e. The highest BCUT2D eigenvalue weighted by Gasteiger charge is 2.65. The minimum Gasteiger partial charge on any atom is -0.497 e. The molecule has 4 aromatic carbocycles. The highest BCUT2D eigenvalue weighted by molar-refractivity contribution is 6.03. The predicted octanol–water partition coefficient (Wildman–Crippen LogP) is 8.84. The second kappa shape index (κ2) is 21.6. The molecule has 2 aliphatic carbocycles. The van der Waals surface area contributed by atoms with Crippen molar-refractivity contribution in [3.05, 3.63) is 152 Å². The van der Waals surface area contributed by atoms with Crippen LogP contribution in [-0.4, -0.2) is 82.4 Å². The van der Waals surface area contributed by atoms with Gasteiger partial charge < -0.3 is 38.9 Å². The van der Waals surface area contributed by atoms with E-state index >= 15 is 0 Å². The predicted molar refractivity (Wildman–Crippen MR) is 245 cm³/mol. The molecular weight excluding hydrogens is 849 g/mol. The van der Waals surface area contributed by atoms with Gasteiger partial charge in [0.1, 0.15) is 35.6 Å². The zero-order valence-electron chi connectivity index (χ0n) is 37.2. The number of nitro groups is 2. The van der Waals surface area contributed by atoms with Gasteiger partial charge in [-0.15, -0.1) is 6.58 Å². The summed E-state index contributed by atoms with van der Waals surface area (Å²) in [6.07, 6.45) is 8.17. The number of likely N-dealkylation sites (N-methyl/N-ethyl adjacent to an activating group) is 1. The van der Waals surface area contributed by atoms with Crippen LogP contribution in [0.15, 0.2) is 120 Å². The van der Waals surface area contributed by atoms with E-state index in [2.05, 4.69) is 12.7 Å². The molecule has 6 atom stereocenters. The summed E-state index contributed by atoms with van der Waals surface area (Å²) in [5.74, 6) is -0.922. The van der Waals surface area contributed by atoms with E-state index in [1.54, 1.807) is 55.5 Å². The van der Waals surface area contributed by atoms with Crippen molar-refractivity contribution < 1.29 is 48.6 Å². The van der Waals surface area contributed by atoms with Crippen molar-refractivity contribution in [2.24, 2.45) is 22.9 Å². The molecule has 6 unspecified atom stereocenters. The van der Waals surface area contributed by atoms with Gasteiger partial charge in [-0.2, -0.15) is 0 Å². The van der Waals surface area contributed by atoms with Crippen molar-refractivity contribution in [3.63, 3.8) is 0 Å². The third-order valence-corrected chi connectivity index (χ3v) is 12.8. The van der Waals surface area contributed by atoms with Crippen molar-refractivity contribution in [1.82, 2.24) is 4.90 Å². The average Bonchev–Trinajstić information content (AvgIpc) is 3.32. The van der Waals surface area contributed by atoms with Crippen LogP contribution in [0.1, 0.15) is 67.6 Å². The Labute approximate surface area is 383 Å². The minimum atomic E-state index is -1.50. The van der Waals surface area contributed by atoms with Gasteiger partial charge in [0.2, 0.25) is 11.7 Å². The molecule has 348 valence electrons. The molecule has 1 amide bonds. The van der Waals surface area contributed by atoms with Gasteiger partial charge in [-0.1, -0.05) is 48.3 Å². The summed E-state index contributed by atoms with van der Waals surface area (Å²) < 4.78 is 26.0. The number of nitro benzene ring substituents is 2. The number of aliphatic hydroxyl groups is 2. The molecule has 1 aliphatic heterocycles. The van der Waals surface area contributed by atoms with E-state index in [-0.39, 0.29) is 80.1 Å². The summed E-state index contributed by atoms with van der Waals surface area (Å²) in [6, 6.07) is 24.0. The van der Waals surface area contributed by atoms with E-state index in [0.717, 1.165) is 29.5 Å². The Morgan fingerprint density at radius 1 is 0.894 bits per heavy atom. The fourth-order valence-electron chi connectivity index (χ4n) is 9.74. The lowest BCUT2D eigenvalue weighted by atomic mass is 9.55. The molecule has 0 spiro atoms. The molecule has 0 aromatic heterocycles. The van der Waals surface area contributed by atoms with Crippen LogP contribution >= 0.6 is 0 Å². The van der Waals surface area contributed by atoms with Crippen LogP contribution in [0, 0.1) is 38.0 Å². The number of aliphatic hydroxyl groups excluding tert-OH is 2. The largest absolute Gasteiger partial charge is 0.497 e. The number of nitrogens with zero attached hydrogens (tertiary/aromatic N) is 4. The van der Waals surface area contributed by atoms with Gasteiger partial charge >= 0.3 is 0 Å². The highest BCUT2D eigenvalue weighted by Crippen LogP contribution is 2.62. The number of hydrogen-bond acceptors (Lipinski definition) is 13. The maximum absolute atomic E-state index is 14.6. The van der Waals surface area contributed by atoms with Crippen LogP contribution < -0.4 is 14.2 Å². The van der Waals surface area contributed by atoms with Gasteiger partial charge in [0, 0.05) is 56.4 Å². The van der Waals surface area contributed by atoms with E-state index < -0.39 is 27.6 Å². The first-order valence-corrected chi connectivity index (χ1v) is 22.2. The molecule has 16 heteroatoms. The summed E-state index contributed by atoms with van der Waals surface area (Å²) in [6.45, 7) is 4.14. The number of hydrogen-bond donors (Lipinski definition) is 2. The number of non-ortho nitro benzene ring substituents is 2. The Balaban J connectivity index is 1.40. The molecule has 0 saturated heterocycles. The van der Waals surface area contributed by atoms with E-state index in [0.29, 0.717) is 54.2 Å². The molecule has 0 bridgehead atoms. The summed E-state index contributed by atoms with van der Waals surface area (Å²) in [4.78, 5) is 44.5. The Bertz CT molecular complexity index is 2440. The lowest BCUT2D eigenvalue weighted by molar-refractivity contribution is -0.385. The summed E-state index contributed by atoms with van der Waals surface area (Å²) in [5.41, 5.74) is 3.46. The number of allylic oxidation sites excluding steroid dienone is 1. The van der Waals surface area contributed by atoms with Crippen molar-refractivity contribution in [3.8, 4) is 23.0 Å². The lowest BCUT2D eigenvalue weighted by Gasteiger charge is -2.59. The third kappa shape index (κ3) is 10.4. The Hall–Kier alpha value is -6.62. The van der Waals surface area contributed by atoms with E-state index in [4.69, 9.17) is 28.9 Å². The van der Waals surface area contributed by atoms with E-state index in [1.807, 2.05) is 36.4 Å². The van der Waals surface area contributed by atoms with Gasteiger partial charge in [-0.25, -0.2) is 0 Å². The number of methoxy groups -OCH3 is 1. The summed E-state index contributed by atoms with van der Waals surface area (Å²) in [7, 11) is 3.31. The van der Waals surface area contributed by atoms with Crippen LogP contribution in [-0.2, 0) is 27.4 Å². The molecule has 1 heterocycles. The topological polar surface area (TPSA) is 206 Å². The number of amides is 1. The number of carbonyl (C=O) groups excluding carboxylic acids is 1. The number of unbranched alkanes of at least 4 members (excludes halogenated alkanes) is 2. The van der Waals surface area contributed by atoms with Crippen molar-refractivity contribution >= 4 is 23.0 Å². The molecule has 66 heavy (non-hydrogen) atoms. The van der Waals surface area contributed by atoms with Gasteiger partial charge in [-0.05, 0) is 103 Å². The summed E-state index contributed by atoms with van der Waals surface area (Å²) >= 11 is 0. The zero-order chi connectivity index (χ0) is 46.8. The first-order chi connectivity index (χ1) is 32.0. The van der Waals surface area contributed by atoms with Crippen molar-refractivity contribution in [2.45, 2.75) is 75.7 Å². The molecule has 0 radical (unpaired) electrons. The molecule has 2 N–H and O–H groups in total. The molecule has 1 saturated carbocycles. The normalized spacial score (nSPS) is 22.2. The van der Waals surface area contributed by atoms with Crippen LogP contribution in [0.3, 0.4) is 0 Å². The lowest BCUT2D eigenvalue weighted by Crippen LogP contribution is -2.69. The Kier molecular flexibility index (Phi) is 15.5. The van der Waals surface area contributed by atoms with Gasteiger partial charge in [0.15, 0.2) is 0 Å². The number of fused-ring (bicyclic) bond motifs is 2. The van der Waals surface area contributed by atoms with Gasteiger partial charge in [0.25, 0.3) is 11.4 Å². The fraction of sp³-hybridized carbons (Fsp3) is 0.400. The van der Waals surface area contributed by atoms with Crippen LogP contribution in [0.25, 0.3) is 0 Å². The van der Waals surface area contributed by atoms with Gasteiger partial charge in [-0.3, -0.25) is 25.0 Å². The molecule has 1 fully saturated rings. The molecule has 16 nitrogen and oxygen atoms in total. The van der Waals surface area contributed by atoms with E-state index in [9.17, 15) is 35.2 Å². The quantitative estimate of drug-likeness (QED) is 0.0328. The number of carbonyl (C=O) groups is 1. The number of rotatable bonds is 22. The standard InChI is InChI=1S/C50H56N4O12/c1-4-25-63-50-46(52(2)47(57)27-34-11-9-14-38(26-34)62-3)31-44(51-64-32-33-17-19-36(20-18-33)53(58)59)42-28-35(12-5-7-23-55)41(16-6-8-24-56)48(49(42)50)43-30-40(21-22-45(43)66-50)65-39-15-10-13-37(29-39)54(60)61/h4,9-11,13-15,17-22,26,28-30,35,41,46,48-49,55-56H,1,5-8,12,16,23-25,27,31-32H2,2-3H3. The van der Waals surface area contributed by atoms with Crippen LogP contribution in [0.4, 0.5) is 11.4 Å². The number of oxime groups is 1. The number of benzene rings is 4. The second-order valence-corrected chi connectivity index (χ2v) is 16.9. The third-order valence-electron chi connectivity index (χ3n) is 12.8. The van der Waals surface area contributed by atoms with Crippen molar-refractivity contribution in [2.75, 3.05) is 34.0 Å². The molecule has 7 rings (SSSR count). The summed E-state index contributed by atoms with van der Waals surface area (Å²) in [5, 5.41) is 47.7. The SMILES string of the molecule is C=CCOC12Oc3ccc(Oc4cccc([N+](=O)[O-])c4)cc3C3C(CCCCO)C(CCCCO)C=C(C(=NOCc4ccc([N+](=O)[O-])cc4)CC1N(C)C(=O)Cc1cccc(OC)c1)C32. The monoisotopic (exact) mass is 904 g/mol. The maximum atomic E-state index is 14.6. The highest BCUT2D eigenvalue weighted by atomic mass is 16.7. The molecule has 3 aliphatic rings. The fourth-order valence-corrected chi connectivity index (χ4v) is 9.74. The Morgan fingerprint density at radius 2 is 1.61 bits per heavy atom. The first kappa shape index (κ1) is 47.3. The minimum absolute atomic E-state index is 0.0116. The van der Waals surface area contributed by atoms with Crippen LogP contribution in [0.5, 0.6) is 23.0 Å². The molecular formula is C50H56N4O12. The van der Waals surface area contributed by atoms with E-state index in [1.165, 1.54) is 24.3 Å². The van der Waals surface area contributed by atoms with Crippen LogP contribution in [0.2, 0.25) is 0 Å². The Morgan fingerprint density at radius 3 is 2.32 bits per heavy atom.